The van der Waals surface area contributed by atoms with Crippen LogP contribution in [0.4, 0.5) is 0 Å². The molecule has 108 valence electrons. The quantitative estimate of drug-likeness (QED) is 0.935. The van der Waals surface area contributed by atoms with Crippen LogP contribution >= 0.6 is 23.2 Å². The number of nitrogens with one attached hydrogen (secondary N) is 1. The Kier molecular flexibility index (Phi) is 4.78. The number of carbonyl (C=O) groups excluding carboxylic acids is 1. The minimum atomic E-state index is -0.277. The van der Waals surface area contributed by atoms with Gasteiger partial charge in [-0.1, -0.05) is 29.3 Å². The fourth-order valence-electron chi connectivity index (χ4n) is 1.79. The van der Waals surface area contributed by atoms with Crippen molar-refractivity contribution in [3.8, 4) is 6.07 Å². The molecule has 1 atom stereocenters. The number of halogens is 2. The number of amides is 1. The Labute approximate surface area is 131 Å². The van der Waals surface area contributed by atoms with E-state index < -0.39 is 0 Å². The number of rotatable bonds is 4. The molecule has 0 spiro atoms. The van der Waals surface area contributed by atoms with Gasteiger partial charge in [-0.25, -0.2) is 9.67 Å². The zero-order valence-electron chi connectivity index (χ0n) is 11.0. The second kappa shape index (κ2) is 6.57. The van der Waals surface area contributed by atoms with Gasteiger partial charge in [0.2, 0.25) is 5.91 Å². The highest BCUT2D eigenvalue weighted by Gasteiger charge is 2.14. The maximum absolute atomic E-state index is 11.9. The smallest absolute Gasteiger partial charge is 0.252 e. The summed E-state index contributed by atoms with van der Waals surface area (Å²) in [4.78, 5) is 15.6. The van der Waals surface area contributed by atoms with E-state index in [0.29, 0.717) is 10.0 Å². The molecule has 1 aromatic carbocycles. The number of aromatic nitrogens is 3. The van der Waals surface area contributed by atoms with E-state index in [9.17, 15) is 4.79 Å². The number of benzene rings is 1. The van der Waals surface area contributed by atoms with Gasteiger partial charge in [-0.05, 0) is 24.6 Å². The highest BCUT2D eigenvalue weighted by atomic mass is 35.5. The maximum Gasteiger partial charge on any atom is 0.252 e. The molecular weight excluding hydrogens is 313 g/mol. The standard InChI is InChI=1S/C13H11Cl2N5O/c1-8(10-3-2-9(14)4-11(10)15)18-13(21)6-20-7-17-12(5-16)19-20/h2-4,7-8H,6H2,1H3,(H,18,21)/t8-/m0/s1. The van der Waals surface area contributed by atoms with Crippen LogP contribution in [-0.4, -0.2) is 20.7 Å². The van der Waals surface area contributed by atoms with Gasteiger partial charge < -0.3 is 5.32 Å². The van der Waals surface area contributed by atoms with E-state index in [1.807, 2.05) is 6.92 Å². The van der Waals surface area contributed by atoms with Crippen molar-refractivity contribution in [3.05, 3.63) is 46.0 Å². The Morgan fingerprint density at radius 2 is 2.29 bits per heavy atom. The number of nitriles is 1. The Morgan fingerprint density at radius 1 is 1.52 bits per heavy atom. The average molecular weight is 324 g/mol. The van der Waals surface area contributed by atoms with Gasteiger partial charge in [0.1, 0.15) is 18.9 Å². The molecule has 1 heterocycles. The number of hydrogen-bond acceptors (Lipinski definition) is 4. The molecule has 6 nitrogen and oxygen atoms in total. The summed E-state index contributed by atoms with van der Waals surface area (Å²) in [6, 6.07) is 6.61. The lowest BCUT2D eigenvalue weighted by molar-refractivity contribution is -0.122. The van der Waals surface area contributed by atoms with Crippen LogP contribution in [0.3, 0.4) is 0 Å². The summed E-state index contributed by atoms with van der Waals surface area (Å²) in [7, 11) is 0. The van der Waals surface area contributed by atoms with Gasteiger partial charge in [-0.3, -0.25) is 4.79 Å². The Balaban J connectivity index is 2.00. The summed E-state index contributed by atoms with van der Waals surface area (Å²) in [6.45, 7) is 1.79. The summed E-state index contributed by atoms with van der Waals surface area (Å²) < 4.78 is 1.30. The average Bonchev–Trinajstić information content (AvgIpc) is 2.85. The lowest BCUT2D eigenvalue weighted by Crippen LogP contribution is -2.30. The minimum Gasteiger partial charge on any atom is -0.348 e. The number of hydrogen-bond donors (Lipinski definition) is 1. The molecule has 0 fully saturated rings. The lowest BCUT2D eigenvalue weighted by atomic mass is 10.1. The second-order valence-electron chi connectivity index (χ2n) is 4.33. The van der Waals surface area contributed by atoms with Crippen molar-refractivity contribution in [3.63, 3.8) is 0 Å². The van der Waals surface area contributed by atoms with Crippen LogP contribution in [0.2, 0.25) is 10.0 Å². The fourth-order valence-corrected chi connectivity index (χ4v) is 2.36. The fraction of sp³-hybridized carbons (Fsp3) is 0.231. The molecule has 8 heteroatoms. The summed E-state index contributed by atoms with van der Waals surface area (Å²) in [5.41, 5.74) is 0.769. The third-order valence-electron chi connectivity index (χ3n) is 2.75. The van der Waals surface area contributed by atoms with Gasteiger partial charge in [0.15, 0.2) is 0 Å². The normalized spacial score (nSPS) is 11.7. The summed E-state index contributed by atoms with van der Waals surface area (Å²) in [5.74, 6) is -0.237. The molecule has 1 amide bonds. The highest BCUT2D eigenvalue weighted by molar-refractivity contribution is 6.35. The van der Waals surface area contributed by atoms with Crippen LogP contribution in [0.5, 0.6) is 0 Å². The van der Waals surface area contributed by atoms with Crippen molar-refractivity contribution in [2.75, 3.05) is 0 Å². The molecule has 0 radical (unpaired) electrons. The predicted octanol–water partition coefficient (Wildman–Crippen LogP) is 2.33. The molecule has 21 heavy (non-hydrogen) atoms. The largest absolute Gasteiger partial charge is 0.348 e. The molecule has 0 aliphatic rings. The van der Waals surface area contributed by atoms with Gasteiger partial charge in [0.05, 0.1) is 6.04 Å². The molecule has 0 bridgehead atoms. The van der Waals surface area contributed by atoms with E-state index in [2.05, 4.69) is 15.4 Å². The van der Waals surface area contributed by atoms with Gasteiger partial charge in [-0.15, -0.1) is 5.10 Å². The minimum absolute atomic E-state index is 0.0236. The Hall–Kier alpha value is -2.10. The Morgan fingerprint density at radius 3 is 2.90 bits per heavy atom. The molecule has 0 saturated heterocycles. The van der Waals surface area contributed by atoms with Crippen molar-refractivity contribution in [1.29, 1.82) is 5.26 Å². The third kappa shape index (κ3) is 3.94. The van der Waals surface area contributed by atoms with Gasteiger partial charge in [-0.2, -0.15) is 5.26 Å². The Bertz CT molecular complexity index is 707. The monoisotopic (exact) mass is 323 g/mol. The third-order valence-corrected chi connectivity index (χ3v) is 3.31. The second-order valence-corrected chi connectivity index (χ2v) is 5.18. The van der Waals surface area contributed by atoms with Crippen LogP contribution < -0.4 is 5.32 Å². The van der Waals surface area contributed by atoms with E-state index in [1.54, 1.807) is 24.3 Å². The zero-order valence-corrected chi connectivity index (χ0v) is 12.6. The molecular formula is C13H11Cl2N5O. The van der Waals surface area contributed by atoms with E-state index in [0.717, 1.165) is 5.56 Å². The lowest BCUT2D eigenvalue weighted by Gasteiger charge is -2.15. The molecule has 2 rings (SSSR count). The van der Waals surface area contributed by atoms with E-state index >= 15 is 0 Å². The maximum atomic E-state index is 11.9. The van der Waals surface area contributed by atoms with Crippen molar-refractivity contribution in [2.24, 2.45) is 0 Å². The van der Waals surface area contributed by atoms with Gasteiger partial charge >= 0.3 is 0 Å². The molecule has 0 aliphatic carbocycles. The van der Waals surface area contributed by atoms with Crippen LogP contribution in [0.25, 0.3) is 0 Å². The van der Waals surface area contributed by atoms with E-state index in [4.69, 9.17) is 28.5 Å². The molecule has 2 aromatic rings. The zero-order chi connectivity index (χ0) is 15.4. The predicted molar refractivity (Wildman–Crippen MR) is 77.8 cm³/mol. The molecule has 0 aliphatic heterocycles. The highest BCUT2D eigenvalue weighted by Crippen LogP contribution is 2.25. The van der Waals surface area contributed by atoms with E-state index in [1.165, 1.54) is 11.0 Å². The van der Waals surface area contributed by atoms with Crippen molar-refractivity contribution in [1.82, 2.24) is 20.1 Å². The first-order valence-corrected chi connectivity index (χ1v) is 6.79. The van der Waals surface area contributed by atoms with Crippen LogP contribution in [0.1, 0.15) is 24.4 Å². The van der Waals surface area contributed by atoms with Gasteiger partial charge in [0.25, 0.3) is 5.82 Å². The first-order chi connectivity index (χ1) is 9.99. The van der Waals surface area contributed by atoms with Crippen LogP contribution in [0, 0.1) is 11.3 Å². The molecule has 1 aromatic heterocycles. The van der Waals surface area contributed by atoms with Crippen molar-refractivity contribution >= 4 is 29.1 Å². The molecule has 1 N–H and O–H groups in total. The van der Waals surface area contributed by atoms with Gasteiger partial charge in [0, 0.05) is 10.0 Å². The van der Waals surface area contributed by atoms with Crippen LogP contribution in [-0.2, 0) is 11.3 Å². The first-order valence-electron chi connectivity index (χ1n) is 6.03. The molecule has 0 unspecified atom stereocenters. The molecule has 0 saturated carbocycles. The van der Waals surface area contributed by atoms with Crippen molar-refractivity contribution < 1.29 is 4.79 Å². The summed E-state index contributed by atoms with van der Waals surface area (Å²) in [5, 5.41) is 16.3. The first kappa shape index (κ1) is 15.3. The van der Waals surface area contributed by atoms with Crippen LogP contribution in [0.15, 0.2) is 24.5 Å². The summed E-state index contributed by atoms with van der Waals surface area (Å²) >= 11 is 11.9. The van der Waals surface area contributed by atoms with E-state index in [-0.39, 0.29) is 24.3 Å². The SMILES string of the molecule is C[C@H](NC(=O)Cn1cnc(C#N)n1)c1ccc(Cl)cc1Cl. The summed E-state index contributed by atoms with van der Waals surface area (Å²) in [6.07, 6.45) is 1.33. The topological polar surface area (TPSA) is 83.6 Å². The number of nitrogens with zero attached hydrogens (tertiary/aromatic N) is 4. The van der Waals surface area contributed by atoms with Crippen molar-refractivity contribution in [2.45, 2.75) is 19.5 Å². The number of carbonyl (C=O) groups is 1.